The molecule has 0 radical (unpaired) electrons. The van der Waals surface area contributed by atoms with Crippen molar-refractivity contribution in [3.8, 4) is 5.75 Å². The predicted molar refractivity (Wildman–Crippen MR) is 53.8 cm³/mol. The van der Waals surface area contributed by atoms with Crippen LogP contribution in [0.2, 0.25) is 0 Å². The van der Waals surface area contributed by atoms with Crippen molar-refractivity contribution in [3.63, 3.8) is 0 Å². The van der Waals surface area contributed by atoms with Crippen LogP contribution < -0.4 is 4.74 Å². The first-order chi connectivity index (χ1) is 6.54. The molecule has 0 heterocycles. The van der Waals surface area contributed by atoms with Gasteiger partial charge >= 0.3 is 5.97 Å². The zero-order valence-corrected chi connectivity index (χ0v) is 8.63. The number of hydrogen-bond donors (Lipinski definition) is 1. The van der Waals surface area contributed by atoms with Crippen molar-refractivity contribution < 1.29 is 14.6 Å². The van der Waals surface area contributed by atoms with E-state index in [9.17, 15) is 4.79 Å². The maximum atomic E-state index is 10.5. The van der Waals surface area contributed by atoms with Gasteiger partial charge in [0, 0.05) is 0 Å². The summed E-state index contributed by atoms with van der Waals surface area (Å²) in [4.78, 5) is 10.5. The second kappa shape index (κ2) is 4.13. The Morgan fingerprint density at radius 2 is 2.07 bits per heavy atom. The van der Waals surface area contributed by atoms with Gasteiger partial charge in [-0.3, -0.25) is 4.79 Å². The van der Waals surface area contributed by atoms with Crippen LogP contribution in [0, 0.1) is 13.8 Å². The molecular formula is C11H14O3. The van der Waals surface area contributed by atoms with Crippen LogP contribution in [-0.2, 0) is 11.2 Å². The van der Waals surface area contributed by atoms with E-state index in [4.69, 9.17) is 9.84 Å². The smallest absolute Gasteiger partial charge is 0.307 e. The van der Waals surface area contributed by atoms with E-state index in [1.807, 2.05) is 19.9 Å². The topological polar surface area (TPSA) is 46.5 Å². The fourth-order valence-corrected chi connectivity index (χ4v) is 1.39. The molecule has 0 aliphatic rings. The number of hydrogen-bond acceptors (Lipinski definition) is 2. The summed E-state index contributed by atoms with van der Waals surface area (Å²) in [6.45, 7) is 3.90. The zero-order valence-electron chi connectivity index (χ0n) is 8.63. The van der Waals surface area contributed by atoms with Gasteiger partial charge in [-0.15, -0.1) is 0 Å². The van der Waals surface area contributed by atoms with Crippen LogP contribution in [0.4, 0.5) is 0 Å². The molecule has 1 aromatic carbocycles. The molecule has 0 spiro atoms. The van der Waals surface area contributed by atoms with Crippen molar-refractivity contribution in [3.05, 3.63) is 28.8 Å². The van der Waals surface area contributed by atoms with E-state index in [1.54, 1.807) is 13.2 Å². The van der Waals surface area contributed by atoms with Gasteiger partial charge in [-0.05, 0) is 36.6 Å². The van der Waals surface area contributed by atoms with Crippen molar-refractivity contribution in [2.75, 3.05) is 7.11 Å². The molecule has 0 aromatic heterocycles. The van der Waals surface area contributed by atoms with Crippen molar-refractivity contribution in [1.29, 1.82) is 0 Å². The molecule has 0 saturated carbocycles. The summed E-state index contributed by atoms with van der Waals surface area (Å²) in [5.41, 5.74) is 2.89. The quantitative estimate of drug-likeness (QED) is 0.799. The molecule has 0 amide bonds. The van der Waals surface area contributed by atoms with Gasteiger partial charge in [-0.1, -0.05) is 6.07 Å². The SMILES string of the molecule is COc1cc(CC(=O)O)cc(C)c1C. The molecule has 0 saturated heterocycles. The summed E-state index contributed by atoms with van der Waals surface area (Å²) >= 11 is 0. The lowest BCUT2D eigenvalue weighted by Crippen LogP contribution is -2.01. The van der Waals surface area contributed by atoms with Gasteiger partial charge in [0.05, 0.1) is 13.5 Å². The van der Waals surface area contributed by atoms with E-state index in [2.05, 4.69) is 0 Å². The van der Waals surface area contributed by atoms with Crippen LogP contribution in [-0.4, -0.2) is 18.2 Å². The highest BCUT2D eigenvalue weighted by atomic mass is 16.5. The first-order valence-corrected chi connectivity index (χ1v) is 4.40. The molecule has 0 bridgehead atoms. The van der Waals surface area contributed by atoms with Crippen LogP contribution in [0.1, 0.15) is 16.7 Å². The Labute approximate surface area is 83.3 Å². The standard InChI is InChI=1S/C11H14O3/c1-7-4-9(6-11(12)13)5-10(14-3)8(7)2/h4-5H,6H2,1-3H3,(H,12,13). The number of aliphatic carboxylic acids is 1. The Balaban J connectivity index is 3.09. The Bertz CT molecular complexity index is 356. The summed E-state index contributed by atoms with van der Waals surface area (Å²) < 4.78 is 5.16. The van der Waals surface area contributed by atoms with Crippen LogP contribution in [0.15, 0.2) is 12.1 Å². The monoisotopic (exact) mass is 194 g/mol. The molecular weight excluding hydrogens is 180 g/mol. The molecule has 0 unspecified atom stereocenters. The Hall–Kier alpha value is -1.51. The summed E-state index contributed by atoms with van der Waals surface area (Å²) in [5, 5.41) is 8.65. The van der Waals surface area contributed by atoms with E-state index in [0.717, 1.165) is 22.4 Å². The number of aryl methyl sites for hydroxylation is 1. The normalized spacial score (nSPS) is 9.93. The molecule has 0 aliphatic carbocycles. The van der Waals surface area contributed by atoms with Crippen LogP contribution in [0.5, 0.6) is 5.75 Å². The zero-order chi connectivity index (χ0) is 10.7. The number of rotatable bonds is 3. The third-order valence-corrected chi connectivity index (χ3v) is 2.25. The second-order valence-electron chi connectivity index (χ2n) is 3.31. The third-order valence-electron chi connectivity index (χ3n) is 2.25. The molecule has 0 aliphatic heterocycles. The van der Waals surface area contributed by atoms with E-state index >= 15 is 0 Å². The highest BCUT2D eigenvalue weighted by Crippen LogP contribution is 2.23. The van der Waals surface area contributed by atoms with Gasteiger partial charge in [0.2, 0.25) is 0 Å². The molecule has 1 aromatic rings. The van der Waals surface area contributed by atoms with Crippen molar-refractivity contribution in [2.45, 2.75) is 20.3 Å². The number of benzene rings is 1. The van der Waals surface area contributed by atoms with Crippen molar-refractivity contribution >= 4 is 5.97 Å². The van der Waals surface area contributed by atoms with E-state index in [1.165, 1.54) is 0 Å². The van der Waals surface area contributed by atoms with Crippen molar-refractivity contribution in [2.24, 2.45) is 0 Å². The minimum atomic E-state index is -0.824. The molecule has 14 heavy (non-hydrogen) atoms. The summed E-state index contributed by atoms with van der Waals surface area (Å²) in [7, 11) is 1.59. The maximum absolute atomic E-state index is 10.5. The highest BCUT2D eigenvalue weighted by molar-refractivity contribution is 5.70. The lowest BCUT2D eigenvalue weighted by Gasteiger charge is -2.09. The number of carbonyl (C=O) groups is 1. The van der Waals surface area contributed by atoms with Crippen molar-refractivity contribution in [1.82, 2.24) is 0 Å². The Morgan fingerprint density at radius 3 is 2.57 bits per heavy atom. The fraction of sp³-hybridized carbons (Fsp3) is 0.364. The van der Waals surface area contributed by atoms with E-state index < -0.39 is 5.97 Å². The van der Waals surface area contributed by atoms with Crippen LogP contribution >= 0.6 is 0 Å². The number of carboxylic acids is 1. The lowest BCUT2D eigenvalue weighted by molar-refractivity contribution is -0.136. The predicted octanol–water partition coefficient (Wildman–Crippen LogP) is 1.94. The lowest BCUT2D eigenvalue weighted by atomic mass is 10.0. The Morgan fingerprint density at radius 1 is 1.43 bits per heavy atom. The third kappa shape index (κ3) is 2.25. The summed E-state index contributed by atoms with van der Waals surface area (Å²) in [5.74, 6) is -0.0726. The van der Waals surface area contributed by atoms with Crippen LogP contribution in [0.3, 0.4) is 0 Å². The number of carboxylic acid groups (broad SMARTS) is 1. The van der Waals surface area contributed by atoms with Gasteiger partial charge in [0.25, 0.3) is 0 Å². The van der Waals surface area contributed by atoms with Gasteiger partial charge in [0.15, 0.2) is 0 Å². The maximum Gasteiger partial charge on any atom is 0.307 e. The molecule has 1 N–H and O–H groups in total. The van der Waals surface area contributed by atoms with Gasteiger partial charge in [0.1, 0.15) is 5.75 Å². The minimum Gasteiger partial charge on any atom is -0.496 e. The van der Waals surface area contributed by atoms with E-state index in [-0.39, 0.29) is 6.42 Å². The average Bonchev–Trinajstić information content (AvgIpc) is 2.10. The summed E-state index contributed by atoms with van der Waals surface area (Å²) in [6.07, 6.45) is 0.0392. The van der Waals surface area contributed by atoms with Crippen LogP contribution in [0.25, 0.3) is 0 Å². The number of ether oxygens (including phenoxy) is 1. The summed E-state index contributed by atoms with van der Waals surface area (Å²) in [6, 6.07) is 3.66. The van der Waals surface area contributed by atoms with Gasteiger partial charge < -0.3 is 9.84 Å². The number of methoxy groups -OCH3 is 1. The first kappa shape index (κ1) is 10.6. The fourth-order valence-electron chi connectivity index (χ4n) is 1.39. The molecule has 0 atom stereocenters. The average molecular weight is 194 g/mol. The Kier molecular flexibility index (Phi) is 3.12. The second-order valence-corrected chi connectivity index (χ2v) is 3.31. The van der Waals surface area contributed by atoms with E-state index in [0.29, 0.717) is 0 Å². The van der Waals surface area contributed by atoms with Gasteiger partial charge in [-0.2, -0.15) is 0 Å². The molecule has 3 heteroatoms. The minimum absolute atomic E-state index is 0.0392. The van der Waals surface area contributed by atoms with Gasteiger partial charge in [-0.25, -0.2) is 0 Å². The molecule has 3 nitrogen and oxygen atoms in total. The largest absolute Gasteiger partial charge is 0.496 e. The first-order valence-electron chi connectivity index (χ1n) is 4.40. The molecule has 76 valence electrons. The highest BCUT2D eigenvalue weighted by Gasteiger charge is 2.07. The molecule has 0 fully saturated rings. The molecule has 1 rings (SSSR count).